The lowest BCUT2D eigenvalue weighted by Gasteiger charge is -2.09. The average molecular weight is 409 g/mol. The Morgan fingerprint density at radius 3 is 2.70 bits per heavy atom. The Hall–Kier alpha value is -2.71. The van der Waals surface area contributed by atoms with E-state index in [0.717, 1.165) is 5.56 Å². The molecule has 0 aliphatic carbocycles. The zero-order valence-corrected chi connectivity index (χ0v) is 16.0. The van der Waals surface area contributed by atoms with E-state index in [1.54, 1.807) is 24.4 Å². The SMILES string of the molecule is CCNC(=S)N/N=C\c1ccc(OCC(=O)Nc2ccc(F)cc2)c(Cl)c1. The molecule has 0 heterocycles. The Kier molecular flexibility index (Phi) is 7.97. The molecule has 0 aliphatic heterocycles. The van der Waals surface area contributed by atoms with Gasteiger partial charge >= 0.3 is 0 Å². The summed E-state index contributed by atoms with van der Waals surface area (Å²) in [5.74, 6) is -0.401. The predicted molar refractivity (Wildman–Crippen MR) is 109 cm³/mol. The summed E-state index contributed by atoms with van der Waals surface area (Å²) in [6, 6.07) is 10.5. The quantitative estimate of drug-likeness (QED) is 0.372. The first-order valence-electron chi connectivity index (χ1n) is 8.02. The van der Waals surface area contributed by atoms with Gasteiger partial charge in [0.15, 0.2) is 11.7 Å². The molecule has 3 N–H and O–H groups in total. The van der Waals surface area contributed by atoms with E-state index in [2.05, 4.69) is 21.2 Å². The van der Waals surface area contributed by atoms with Crippen molar-refractivity contribution in [2.75, 3.05) is 18.5 Å². The minimum atomic E-state index is -0.385. The molecule has 0 atom stereocenters. The Morgan fingerprint density at radius 2 is 2.04 bits per heavy atom. The molecule has 0 saturated heterocycles. The molecule has 27 heavy (non-hydrogen) atoms. The highest BCUT2D eigenvalue weighted by molar-refractivity contribution is 7.80. The standard InChI is InChI=1S/C18H18ClFN4O2S/c1-2-21-18(27)24-22-10-12-3-8-16(15(19)9-12)26-11-17(25)23-14-6-4-13(20)5-7-14/h3-10H,2,11H2,1H3,(H,23,25)(H2,21,24,27)/b22-10-. The van der Waals surface area contributed by atoms with Gasteiger partial charge in [0.25, 0.3) is 5.91 Å². The van der Waals surface area contributed by atoms with Gasteiger partial charge in [-0.05, 0) is 67.2 Å². The highest BCUT2D eigenvalue weighted by Gasteiger charge is 2.07. The summed E-state index contributed by atoms with van der Waals surface area (Å²) in [5, 5.41) is 10.2. The molecule has 0 saturated carbocycles. The number of thiocarbonyl (C=S) groups is 1. The predicted octanol–water partition coefficient (Wildman–Crippen LogP) is 3.31. The Balaban J connectivity index is 1.86. The number of halogens is 2. The number of hydrazone groups is 1. The van der Waals surface area contributed by atoms with Crippen LogP contribution in [0.15, 0.2) is 47.6 Å². The van der Waals surface area contributed by atoms with E-state index in [9.17, 15) is 9.18 Å². The highest BCUT2D eigenvalue weighted by Crippen LogP contribution is 2.25. The van der Waals surface area contributed by atoms with Crippen molar-refractivity contribution >= 4 is 46.7 Å². The molecule has 0 radical (unpaired) electrons. The van der Waals surface area contributed by atoms with Crippen molar-refractivity contribution in [3.05, 3.63) is 58.9 Å². The molecule has 1 amide bonds. The van der Waals surface area contributed by atoms with Crippen LogP contribution in [0.5, 0.6) is 5.75 Å². The van der Waals surface area contributed by atoms with Crippen LogP contribution >= 0.6 is 23.8 Å². The van der Waals surface area contributed by atoms with E-state index in [1.165, 1.54) is 24.3 Å². The van der Waals surface area contributed by atoms with Crippen molar-refractivity contribution in [3.63, 3.8) is 0 Å². The molecule has 142 valence electrons. The maximum Gasteiger partial charge on any atom is 0.262 e. The van der Waals surface area contributed by atoms with Crippen molar-refractivity contribution in [3.8, 4) is 5.75 Å². The topological polar surface area (TPSA) is 74.8 Å². The molecule has 0 bridgehead atoms. The van der Waals surface area contributed by atoms with Crippen molar-refractivity contribution in [1.82, 2.24) is 10.7 Å². The first-order chi connectivity index (χ1) is 13.0. The smallest absolute Gasteiger partial charge is 0.262 e. The van der Waals surface area contributed by atoms with Crippen LogP contribution in [0, 0.1) is 5.82 Å². The molecule has 0 spiro atoms. The molecule has 2 aromatic carbocycles. The summed E-state index contributed by atoms with van der Waals surface area (Å²) in [7, 11) is 0. The second kappa shape index (κ2) is 10.4. The van der Waals surface area contributed by atoms with Crippen molar-refractivity contribution in [2.45, 2.75) is 6.92 Å². The number of nitrogens with one attached hydrogen (secondary N) is 3. The fourth-order valence-electron chi connectivity index (χ4n) is 1.95. The van der Waals surface area contributed by atoms with Gasteiger partial charge in [0.1, 0.15) is 11.6 Å². The molecular weight excluding hydrogens is 391 g/mol. The van der Waals surface area contributed by atoms with Gasteiger partial charge < -0.3 is 15.4 Å². The number of carbonyl (C=O) groups excluding carboxylic acids is 1. The van der Waals surface area contributed by atoms with Crippen molar-refractivity contribution < 1.29 is 13.9 Å². The Labute approximate surface area is 166 Å². The summed E-state index contributed by atoms with van der Waals surface area (Å²) >= 11 is 11.2. The molecule has 0 aromatic heterocycles. The van der Waals surface area contributed by atoms with Crippen LogP contribution in [-0.4, -0.2) is 30.4 Å². The fourth-order valence-corrected chi connectivity index (χ4v) is 2.39. The molecule has 2 rings (SSSR count). The number of hydrogen-bond acceptors (Lipinski definition) is 4. The number of carbonyl (C=O) groups is 1. The van der Waals surface area contributed by atoms with Crippen LogP contribution < -0.4 is 20.8 Å². The van der Waals surface area contributed by atoms with Crippen LogP contribution in [0.1, 0.15) is 12.5 Å². The Morgan fingerprint density at radius 1 is 1.30 bits per heavy atom. The molecular formula is C18H18ClFN4O2S. The highest BCUT2D eigenvalue weighted by atomic mass is 35.5. The van der Waals surface area contributed by atoms with Crippen LogP contribution in [-0.2, 0) is 4.79 Å². The van der Waals surface area contributed by atoms with Gasteiger partial charge in [-0.15, -0.1) is 0 Å². The number of anilines is 1. The van der Waals surface area contributed by atoms with Gasteiger partial charge in [-0.3, -0.25) is 10.2 Å². The number of ether oxygens (including phenoxy) is 1. The third-order valence-corrected chi connectivity index (χ3v) is 3.69. The zero-order valence-electron chi connectivity index (χ0n) is 14.5. The van der Waals surface area contributed by atoms with Crippen LogP contribution in [0.25, 0.3) is 0 Å². The van der Waals surface area contributed by atoms with Crippen molar-refractivity contribution in [1.29, 1.82) is 0 Å². The minimum Gasteiger partial charge on any atom is -0.482 e. The van der Waals surface area contributed by atoms with E-state index >= 15 is 0 Å². The average Bonchev–Trinajstić information content (AvgIpc) is 2.63. The summed E-state index contributed by atoms with van der Waals surface area (Å²) in [6.45, 7) is 2.40. The first kappa shape index (κ1) is 20.6. The van der Waals surface area contributed by atoms with Gasteiger partial charge in [-0.1, -0.05) is 11.6 Å². The van der Waals surface area contributed by atoms with Gasteiger partial charge in [0.2, 0.25) is 0 Å². The number of hydrogen-bond donors (Lipinski definition) is 3. The van der Waals surface area contributed by atoms with Crippen molar-refractivity contribution in [2.24, 2.45) is 5.10 Å². The van der Waals surface area contributed by atoms with Gasteiger partial charge in [-0.2, -0.15) is 5.10 Å². The van der Waals surface area contributed by atoms with Gasteiger partial charge in [0, 0.05) is 12.2 Å². The van der Waals surface area contributed by atoms with Crippen LogP contribution in [0.3, 0.4) is 0 Å². The lowest BCUT2D eigenvalue weighted by Crippen LogP contribution is -2.31. The number of amides is 1. The van der Waals surface area contributed by atoms with E-state index in [-0.39, 0.29) is 18.3 Å². The molecule has 0 fully saturated rings. The van der Waals surface area contributed by atoms with E-state index < -0.39 is 0 Å². The fraction of sp³-hybridized carbons (Fsp3) is 0.167. The van der Waals surface area contributed by atoms with E-state index in [4.69, 9.17) is 28.6 Å². The van der Waals surface area contributed by atoms with Gasteiger partial charge in [-0.25, -0.2) is 4.39 Å². The molecule has 2 aromatic rings. The lowest BCUT2D eigenvalue weighted by molar-refractivity contribution is -0.118. The Bertz CT molecular complexity index is 831. The van der Waals surface area contributed by atoms with Crippen LogP contribution in [0.4, 0.5) is 10.1 Å². The van der Waals surface area contributed by atoms with Gasteiger partial charge in [0.05, 0.1) is 11.2 Å². The number of rotatable bonds is 7. The number of nitrogens with zero attached hydrogens (tertiary/aromatic N) is 1. The third-order valence-electron chi connectivity index (χ3n) is 3.16. The summed E-state index contributed by atoms with van der Waals surface area (Å²) in [4.78, 5) is 11.9. The second-order valence-corrected chi connectivity index (χ2v) is 6.08. The first-order valence-corrected chi connectivity index (χ1v) is 8.81. The molecule has 0 aliphatic rings. The summed E-state index contributed by atoms with van der Waals surface area (Å²) < 4.78 is 18.3. The minimum absolute atomic E-state index is 0.233. The normalized spacial score (nSPS) is 10.5. The molecule has 0 unspecified atom stereocenters. The maximum absolute atomic E-state index is 12.8. The maximum atomic E-state index is 12.8. The second-order valence-electron chi connectivity index (χ2n) is 5.26. The third kappa shape index (κ3) is 7.20. The largest absolute Gasteiger partial charge is 0.482 e. The summed E-state index contributed by atoms with van der Waals surface area (Å²) in [6.07, 6.45) is 1.56. The zero-order chi connectivity index (χ0) is 19.6. The van der Waals surface area contributed by atoms with E-state index in [0.29, 0.717) is 28.1 Å². The number of benzene rings is 2. The monoisotopic (exact) mass is 408 g/mol. The molecule has 6 nitrogen and oxygen atoms in total. The molecule has 9 heteroatoms. The van der Waals surface area contributed by atoms with Crippen LogP contribution in [0.2, 0.25) is 5.02 Å². The van der Waals surface area contributed by atoms with E-state index in [1.807, 2.05) is 6.92 Å². The summed E-state index contributed by atoms with van der Waals surface area (Å²) in [5.41, 5.74) is 3.88. The lowest BCUT2D eigenvalue weighted by atomic mass is 10.2.